The van der Waals surface area contributed by atoms with Crippen molar-refractivity contribution in [3.63, 3.8) is 0 Å². The SMILES string of the molecule is CCn1ncnc1CC(Cc1cccc(OC)c1)C(=O)O. The lowest BCUT2D eigenvalue weighted by atomic mass is 9.96. The van der Waals surface area contributed by atoms with E-state index in [-0.39, 0.29) is 0 Å². The van der Waals surface area contributed by atoms with Crippen LogP contribution in [-0.2, 0) is 24.2 Å². The molecule has 0 aliphatic heterocycles. The molecule has 0 radical (unpaired) electrons. The minimum Gasteiger partial charge on any atom is -0.497 e. The van der Waals surface area contributed by atoms with Crippen molar-refractivity contribution >= 4 is 5.97 Å². The number of hydrogen-bond acceptors (Lipinski definition) is 4. The van der Waals surface area contributed by atoms with Gasteiger partial charge in [-0.2, -0.15) is 5.10 Å². The van der Waals surface area contributed by atoms with Gasteiger partial charge >= 0.3 is 5.97 Å². The van der Waals surface area contributed by atoms with Crippen LogP contribution in [0.2, 0.25) is 0 Å². The van der Waals surface area contributed by atoms with E-state index in [1.54, 1.807) is 11.8 Å². The first-order valence-corrected chi connectivity index (χ1v) is 6.86. The lowest BCUT2D eigenvalue weighted by Crippen LogP contribution is -2.21. The zero-order chi connectivity index (χ0) is 15.2. The Morgan fingerprint density at radius 3 is 2.90 bits per heavy atom. The standard InChI is InChI=1S/C15H19N3O3/c1-3-18-14(16-10-17-18)9-12(15(19)20)7-11-5-4-6-13(8-11)21-2/h4-6,8,10,12H,3,7,9H2,1-2H3,(H,19,20). The first kappa shape index (κ1) is 15.0. The first-order chi connectivity index (χ1) is 10.1. The highest BCUT2D eigenvalue weighted by Crippen LogP contribution is 2.18. The maximum atomic E-state index is 11.5. The summed E-state index contributed by atoms with van der Waals surface area (Å²) in [6.45, 7) is 2.64. The van der Waals surface area contributed by atoms with Crippen molar-refractivity contribution in [3.05, 3.63) is 42.0 Å². The Balaban J connectivity index is 2.14. The van der Waals surface area contributed by atoms with Crippen LogP contribution in [0.5, 0.6) is 5.75 Å². The summed E-state index contributed by atoms with van der Waals surface area (Å²) in [5, 5.41) is 13.5. The fourth-order valence-corrected chi connectivity index (χ4v) is 2.26. The zero-order valence-corrected chi connectivity index (χ0v) is 12.2. The number of aryl methyl sites for hydroxylation is 1. The Kier molecular flexibility index (Phi) is 4.92. The summed E-state index contributed by atoms with van der Waals surface area (Å²) in [5.41, 5.74) is 0.935. The molecule has 1 atom stereocenters. The van der Waals surface area contributed by atoms with E-state index in [2.05, 4.69) is 10.1 Å². The lowest BCUT2D eigenvalue weighted by molar-refractivity contribution is -0.141. The van der Waals surface area contributed by atoms with Crippen molar-refractivity contribution in [2.75, 3.05) is 7.11 Å². The predicted octanol–water partition coefficient (Wildman–Crippen LogP) is 1.79. The number of rotatable bonds is 7. The zero-order valence-electron chi connectivity index (χ0n) is 12.2. The topological polar surface area (TPSA) is 77.2 Å². The molecular weight excluding hydrogens is 270 g/mol. The molecule has 2 rings (SSSR count). The highest BCUT2D eigenvalue weighted by molar-refractivity contribution is 5.70. The summed E-state index contributed by atoms with van der Waals surface area (Å²) in [4.78, 5) is 15.6. The quantitative estimate of drug-likeness (QED) is 0.841. The van der Waals surface area contributed by atoms with Gasteiger partial charge in [-0.3, -0.25) is 9.48 Å². The summed E-state index contributed by atoms with van der Waals surface area (Å²) in [7, 11) is 1.59. The number of aromatic nitrogens is 3. The van der Waals surface area contributed by atoms with Crippen molar-refractivity contribution in [1.29, 1.82) is 0 Å². The lowest BCUT2D eigenvalue weighted by Gasteiger charge is -2.13. The number of carboxylic acid groups (broad SMARTS) is 1. The number of benzene rings is 1. The van der Waals surface area contributed by atoms with Crippen LogP contribution in [0.15, 0.2) is 30.6 Å². The monoisotopic (exact) mass is 289 g/mol. The Hall–Kier alpha value is -2.37. The van der Waals surface area contributed by atoms with Crippen LogP contribution >= 0.6 is 0 Å². The van der Waals surface area contributed by atoms with Crippen molar-refractivity contribution in [1.82, 2.24) is 14.8 Å². The van der Waals surface area contributed by atoms with Crippen LogP contribution in [0.1, 0.15) is 18.3 Å². The van der Waals surface area contributed by atoms with Crippen molar-refractivity contribution in [3.8, 4) is 5.75 Å². The summed E-state index contributed by atoms with van der Waals surface area (Å²) < 4.78 is 6.89. The third-order valence-electron chi connectivity index (χ3n) is 3.39. The molecule has 0 saturated heterocycles. The second kappa shape index (κ2) is 6.88. The molecule has 6 heteroatoms. The van der Waals surface area contributed by atoms with Gasteiger partial charge < -0.3 is 9.84 Å². The number of carbonyl (C=O) groups is 1. The molecule has 1 N–H and O–H groups in total. The summed E-state index contributed by atoms with van der Waals surface area (Å²) in [5.74, 6) is 0.0660. The van der Waals surface area contributed by atoms with Crippen LogP contribution in [-0.4, -0.2) is 33.0 Å². The molecule has 1 unspecified atom stereocenters. The van der Waals surface area contributed by atoms with Gasteiger partial charge in [-0.1, -0.05) is 12.1 Å². The first-order valence-electron chi connectivity index (χ1n) is 6.86. The fraction of sp³-hybridized carbons (Fsp3) is 0.400. The minimum atomic E-state index is -0.830. The van der Waals surface area contributed by atoms with Crippen LogP contribution < -0.4 is 4.74 Å². The van der Waals surface area contributed by atoms with Crippen LogP contribution in [0.4, 0.5) is 0 Å². The summed E-state index contributed by atoms with van der Waals surface area (Å²) >= 11 is 0. The third kappa shape index (κ3) is 3.81. The second-order valence-corrected chi connectivity index (χ2v) is 4.79. The molecule has 0 fully saturated rings. The Bertz CT molecular complexity index is 610. The van der Waals surface area contributed by atoms with Gasteiger partial charge in [-0.15, -0.1) is 0 Å². The van der Waals surface area contributed by atoms with E-state index in [1.807, 2.05) is 31.2 Å². The summed E-state index contributed by atoms with van der Waals surface area (Å²) in [6, 6.07) is 7.47. The van der Waals surface area contributed by atoms with Gasteiger partial charge in [0, 0.05) is 13.0 Å². The van der Waals surface area contributed by atoms with Crippen molar-refractivity contribution < 1.29 is 14.6 Å². The highest BCUT2D eigenvalue weighted by atomic mass is 16.5. The molecule has 1 aromatic carbocycles. The van der Waals surface area contributed by atoms with E-state index < -0.39 is 11.9 Å². The molecule has 1 aromatic heterocycles. The van der Waals surface area contributed by atoms with Gasteiger partial charge in [0.15, 0.2) is 0 Å². The number of methoxy groups -OCH3 is 1. The third-order valence-corrected chi connectivity index (χ3v) is 3.39. The van der Waals surface area contributed by atoms with E-state index in [9.17, 15) is 9.90 Å². The van der Waals surface area contributed by atoms with Crippen LogP contribution in [0.3, 0.4) is 0 Å². The maximum Gasteiger partial charge on any atom is 0.307 e. The molecule has 0 aliphatic rings. The largest absolute Gasteiger partial charge is 0.497 e. The predicted molar refractivity (Wildman–Crippen MR) is 77.2 cm³/mol. The maximum absolute atomic E-state index is 11.5. The summed E-state index contributed by atoms with van der Waals surface area (Å²) in [6.07, 6.45) is 2.26. The molecule has 0 saturated carbocycles. The Labute approximate surface area is 123 Å². The van der Waals surface area contributed by atoms with E-state index in [0.29, 0.717) is 25.2 Å². The molecule has 0 aliphatic carbocycles. The number of nitrogens with zero attached hydrogens (tertiary/aromatic N) is 3. The normalized spacial score (nSPS) is 12.1. The second-order valence-electron chi connectivity index (χ2n) is 4.79. The molecule has 0 amide bonds. The smallest absolute Gasteiger partial charge is 0.307 e. The molecule has 0 spiro atoms. The van der Waals surface area contributed by atoms with Gasteiger partial charge in [-0.25, -0.2) is 4.98 Å². The highest BCUT2D eigenvalue weighted by Gasteiger charge is 2.21. The van der Waals surface area contributed by atoms with Gasteiger partial charge in [-0.05, 0) is 31.0 Å². The molecule has 21 heavy (non-hydrogen) atoms. The van der Waals surface area contributed by atoms with Gasteiger partial charge in [0.05, 0.1) is 13.0 Å². The fourth-order valence-electron chi connectivity index (χ4n) is 2.26. The molecular formula is C15H19N3O3. The van der Waals surface area contributed by atoms with E-state index >= 15 is 0 Å². The molecule has 112 valence electrons. The molecule has 6 nitrogen and oxygen atoms in total. The Morgan fingerprint density at radius 1 is 1.43 bits per heavy atom. The van der Waals surface area contributed by atoms with Crippen LogP contribution in [0.25, 0.3) is 0 Å². The van der Waals surface area contributed by atoms with Crippen LogP contribution in [0, 0.1) is 5.92 Å². The number of ether oxygens (including phenoxy) is 1. The number of aliphatic carboxylic acids is 1. The number of carboxylic acids is 1. The molecule has 0 bridgehead atoms. The number of hydrogen-bond donors (Lipinski definition) is 1. The van der Waals surface area contributed by atoms with Gasteiger partial charge in [0.25, 0.3) is 0 Å². The van der Waals surface area contributed by atoms with E-state index in [4.69, 9.17) is 4.74 Å². The van der Waals surface area contributed by atoms with Gasteiger partial charge in [0.1, 0.15) is 17.9 Å². The van der Waals surface area contributed by atoms with Gasteiger partial charge in [0.2, 0.25) is 0 Å². The Morgan fingerprint density at radius 2 is 2.24 bits per heavy atom. The van der Waals surface area contributed by atoms with E-state index in [1.165, 1.54) is 6.33 Å². The average molecular weight is 289 g/mol. The van der Waals surface area contributed by atoms with Crippen molar-refractivity contribution in [2.24, 2.45) is 5.92 Å². The van der Waals surface area contributed by atoms with Crippen molar-refractivity contribution in [2.45, 2.75) is 26.3 Å². The molecule has 2 aromatic rings. The average Bonchev–Trinajstić information content (AvgIpc) is 2.94. The van der Waals surface area contributed by atoms with E-state index in [0.717, 1.165) is 11.3 Å². The molecule has 1 heterocycles. The minimum absolute atomic E-state index is 0.361.